The number of benzene rings is 1. The highest BCUT2D eigenvalue weighted by atomic mass is 16.5. The van der Waals surface area contributed by atoms with Crippen molar-refractivity contribution in [2.24, 2.45) is 0 Å². The van der Waals surface area contributed by atoms with Gasteiger partial charge in [0, 0.05) is 24.8 Å². The van der Waals surface area contributed by atoms with Crippen molar-refractivity contribution in [2.45, 2.75) is 95.2 Å². The number of fused-ring (bicyclic) bond motifs is 1. The number of carbonyl (C=O) groups is 2. The lowest BCUT2D eigenvalue weighted by molar-refractivity contribution is -0.127. The Morgan fingerprint density at radius 3 is 2.57 bits per heavy atom. The number of ether oxygens (including phenoxy) is 1. The molecule has 4 rings (SSSR count). The fourth-order valence-electron chi connectivity index (χ4n) is 6.00. The number of rotatable bonds is 7. The van der Waals surface area contributed by atoms with Crippen LogP contribution in [0.3, 0.4) is 0 Å². The Morgan fingerprint density at radius 2 is 1.87 bits per heavy atom. The highest BCUT2D eigenvalue weighted by Crippen LogP contribution is 2.52. The van der Waals surface area contributed by atoms with Crippen molar-refractivity contribution in [1.29, 1.82) is 0 Å². The van der Waals surface area contributed by atoms with E-state index in [1.54, 1.807) is 0 Å². The molecule has 1 spiro atoms. The molecular weight excluding hydrogens is 376 g/mol. The standard InChI is InChI=1S/C25H36N2O3/c1-18(2)30-17-9-16-26-23(28)22-20-12-5-6-13-21(20)24(29)27(19-10-3-4-11-19)25(22)14-7-8-15-25/h5-6,12-13,18-19,22H,3-4,7-11,14-17H2,1-2H3,(H,26,28)/t22-/m1/s1. The molecule has 5 nitrogen and oxygen atoms in total. The number of hydrogen-bond donors (Lipinski definition) is 1. The van der Waals surface area contributed by atoms with Gasteiger partial charge in [0.1, 0.15) is 0 Å². The Balaban J connectivity index is 1.63. The predicted octanol–water partition coefficient (Wildman–Crippen LogP) is 4.41. The van der Waals surface area contributed by atoms with Crippen molar-refractivity contribution >= 4 is 11.8 Å². The van der Waals surface area contributed by atoms with E-state index < -0.39 is 0 Å². The van der Waals surface area contributed by atoms with Crippen molar-refractivity contribution < 1.29 is 14.3 Å². The molecular formula is C25H36N2O3. The Hall–Kier alpha value is -1.88. The highest BCUT2D eigenvalue weighted by Gasteiger charge is 2.57. The van der Waals surface area contributed by atoms with E-state index in [2.05, 4.69) is 10.2 Å². The van der Waals surface area contributed by atoms with Gasteiger partial charge in [0.05, 0.1) is 17.6 Å². The van der Waals surface area contributed by atoms with Crippen LogP contribution in [-0.2, 0) is 9.53 Å². The molecule has 1 atom stereocenters. The summed E-state index contributed by atoms with van der Waals surface area (Å²) >= 11 is 0. The van der Waals surface area contributed by atoms with Crippen LogP contribution in [0.25, 0.3) is 0 Å². The van der Waals surface area contributed by atoms with E-state index in [0.29, 0.717) is 13.2 Å². The Labute approximate surface area is 180 Å². The monoisotopic (exact) mass is 412 g/mol. The minimum Gasteiger partial charge on any atom is -0.379 e. The molecule has 1 aliphatic heterocycles. The zero-order valence-corrected chi connectivity index (χ0v) is 18.5. The molecule has 2 fully saturated rings. The summed E-state index contributed by atoms with van der Waals surface area (Å²) in [6.07, 6.45) is 9.53. The third-order valence-corrected chi connectivity index (χ3v) is 7.23. The fourth-order valence-corrected chi connectivity index (χ4v) is 6.00. The second kappa shape index (κ2) is 9.09. The summed E-state index contributed by atoms with van der Waals surface area (Å²) in [5.41, 5.74) is 1.29. The number of amides is 2. The minimum absolute atomic E-state index is 0.0735. The fraction of sp³-hybridized carbons (Fsp3) is 0.680. The van der Waals surface area contributed by atoms with E-state index in [9.17, 15) is 9.59 Å². The summed E-state index contributed by atoms with van der Waals surface area (Å²) in [5, 5.41) is 3.19. The van der Waals surface area contributed by atoms with Gasteiger partial charge in [-0.15, -0.1) is 0 Å². The average Bonchev–Trinajstić information content (AvgIpc) is 3.41. The molecule has 0 unspecified atom stereocenters. The zero-order chi connectivity index (χ0) is 21.1. The van der Waals surface area contributed by atoms with E-state index in [4.69, 9.17) is 4.74 Å². The van der Waals surface area contributed by atoms with Crippen molar-refractivity contribution in [3.8, 4) is 0 Å². The van der Waals surface area contributed by atoms with Crippen LogP contribution >= 0.6 is 0 Å². The van der Waals surface area contributed by atoms with Gasteiger partial charge < -0.3 is 15.0 Å². The predicted molar refractivity (Wildman–Crippen MR) is 118 cm³/mol. The summed E-state index contributed by atoms with van der Waals surface area (Å²) in [5.74, 6) is -0.0568. The van der Waals surface area contributed by atoms with Gasteiger partial charge >= 0.3 is 0 Å². The molecule has 1 N–H and O–H groups in total. The van der Waals surface area contributed by atoms with Crippen LogP contribution in [-0.4, -0.2) is 47.6 Å². The summed E-state index contributed by atoms with van der Waals surface area (Å²) in [7, 11) is 0. The lowest BCUT2D eigenvalue weighted by Crippen LogP contribution is -2.63. The molecule has 0 radical (unpaired) electrons. The van der Waals surface area contributed by atoms with Crippen molar-refractivity contribution in [1.82, 2.24) is 10.2 Å². The third-order valence-electron chi connectivity index (χ3n) is 7.23. The molecule has 0 aromatic heterocycles. The lowest BCUT2D eigenvalue weighted by Gasteiger charge is -2.52. The van der Waals surface area contributed by atoms with Crippen LogP contribution in [0.5, 0.6) is 0 Å². The maximum absolute atomic E-state index is 13.7. The van der Waals surface area contributed by atoms with Crippen molar-refractivity contribution in [2.75, 3.05) is 13.2 Å². The van der Waals surface area contributed by atoms with Crippen LogP contribution in [0.1, 0.15) is 93.5 Å². The molecule has 0 bridgehead atoms. The van der Waals surface area contributed by atoms with E-state index in [1.165, 1.54) is 12.8 Å². The molecule has 3 aliphatic rings. The van der Waals surface area contributed by atoms with Gasteiger partial charge in [-0.25, -0.2) is 0 Å². The number of nitrogens with one attached hydrogen (secondary N) is 1. The summed E-state index contributed by atoms with van der Waals surface area (Å²) in [4.78, 5) is 29.5. The molecule has 164 valence electrons. The first-order valence-electron chi connectivity index (χ1n) is 11.9. The smallest absolute Gasteiger partial charge is 0.254 e. The van der Waals surface area contributed by atoms with Gasteiger partial charge in [0.25, 0.3) is 5.91 Å². The Bertz CT molecular complexity index is 763. The second-order valence-corrected chi connectivity index (χ2v) is 9.51. The second-order valence-electron chi connectivity index (χ2n) is 9.51. The summed E-state index contributed by atoms with van der Waals surface area (Å²) in [6, 6.07) is 8.09. The number of carbonyl (C=O) groups excluding carboxylic acids is 2. The summed E-state index contributed by atoms with van der Waals surface area (Å²) in [6.45, 7) is 5.31. The molecule has 1 heterocycles. The van der Waals surface area contributed by atoms with Crippen LogP contribution < -0.4 is 5.32 Å². The first-order chi connectivity index (χ1) is 14.5. The van der Waals surface area contributed by atoms with Crippen LogP contribution in [0.2, 0.25) is 0 Å². The van der Waals surface area contributed by atoms with Crippen LogP contribution in [0.4, 0.5) is 0 Å². The Morgan fingerprint density at radius 1 is 1.17 bits per heavy atom. The number of nitrogens with zero attached hydrogens (tertiary/aromatic N) is 1. The van der Waals surface area contributed by atoms with Gasteiger partial charge in [0.15, 0.2) is 0 Å². The molecule has 2 aliphatic carbocycles. The van der Waals surface area contributed by atoms with E-state index in [0.717, 1.165) is 56.1 Å². The molecule has 1 aromatic carbocycles. The molecule has 2 amide bonds. The molecule has 0 saturated heterocycles. The minimum atomic E-state index is -0.362. The van der Waals surface area contributed by atoms with E-state index >= 15 is 0 Å². The van der Waals surface area contributed by atoms with Crippen LogP contribution in [0, 0.1) is 0 Å². The number of hydrogen-bond acceptors (Lipinski definition) is 3. The molecule has 2 saturated carbocycles. The Kier molecular flexibility index (Phi) is 6.47. The maximum Gasteiger partial charge on any atom is 0.254 e. The lowest BCUT2D eigenvalue weighted by atomic mass is 9.70. The largest absolute Gasteiger partial charge is 0.379 e. The van der Waals surface area contributed by atoms with Gasteiger partial charge in [0.2, 0.25) is 5.91 Å². The third kappa shape index (κ3) is 3.89. The first-order valence-corrected chi connectivity index (χ1v) is 11.9. The molecule has 5 heteroatoms. The topological polar surface area (TPSA) is 58.6 Å². The quantitative estimate of drug-likeness (QED) is 0.675. The average molecular weight is 413 g/mol. The molecule has 1 aromatic rings. The van der Waals surface area contributed by atoms with Gasteiger partial charge in [-0.1, -0.05) is 43.9 Å². The normalized spacial score (nSPS) is 23.4. The van der Waals surface area contributed by atoms with E-state index in [1.807, 2.05) is 38.1 Å². The first kappa shape index (κ1) is 21.4. The van der Waals surface area contributed by atoms with Crippen molar-refractivity contribution in [3.05, 3.63) is 35.4 Å². The zero-order valence-electron chi connectivity index (χ0n) is 18.5. The van der Waals surface area contributed by atoms with Gasteiger partial charge in [-0.05, 0) is 57.6 Å². The van der Waals surface area contributed by atoms with Crippen LogP contribution in [0.15, 0.2) is 24.3 Å². The SMILES string of the molecule is CC(C)OCCCNC(=O)[C@H]1c2ccccc2C(=O)N(C2CCCC2)C12CCCC2. The molecule has 30 heavy (non-hydrogen) atoms. The van der Waals surface area contributed by atoms with Crippen molar-refractivity contribution in [3.63, 3.8) is 0 Å². The maximum atomic E-state index is 13.7. The van der Waals surface area contributed by atoms with E-state index in [-0.39, 0.29) is 35.4 Å². The van der Waals surface area contributed by atoms with Gasteiger partial charge in [-0.3, -0.25) is 9.59 Å². The highest BCUT2D eigenvalue weighted by molar-refractivity contribution is 6.02. The summed E-state index contributed by atoms with van der Waals surface area (Å²) < 4.78 is 5.61. The van der Waals surface area contributed by atoms with Gasteiger partial charge in [-0.2, -0.15) is 0 Å².